The maximum absolute atomic E-state index is 10.0. The molecule has 5 heteroatoms. The van der Waals surface area contributed by atoms with Gasteiger partial charge in [-0.1, -0.05) is 13.8 Å². The summed E-state index contributed by atoms with van der Waals surface area (Å²) >= 11 is 0. The smallest absolute Gasteiger partial charge is 0.0791 e. The SMILES string of the molecule is CCN(CC)CC(O)CNCC1CN(C)CCN1C. The molecule has 2 atom stereocenters. The summed E-state index contributed by atoms with van der Waals surface area (Å²) in [6, 6.07) is 0.555. The van der Waals surface area contributed by atoms with Gasteiger partial charge in [-0.05, 0) is 27.2 Å². The third-order valence-electron chi connectivity index (χ3n) is 4.10. The lowest BCUT2D eigenvalue weighted by molar-refractivity contribution is 0.0970. The summed E-state index contributed by atoms with van der Waals surface area (Å²) in [5.41, 5.74) is 0. The zero-order chi connectivity index (χ0) is 14.3. The molecule has 0 aromatic carbocycles. The van der Waals surface area contributed by atoms with Crippen LogP contribution in [0.1, 0.15) is 13.8 Å². The summed E-state index contributed by atoms with van der Waals surface area (Å²) in [4.78, 5) is 7.04. The van der Waals surface area contributed by atoms with Gasteiger partial charge in [-0.3, -0.25) is 4.90 Å². The number of aliphatic hydroxyl groups excluding tert-OH is 1. The molecule has 0 aromatic rings. The third-order valence-corrected chi connectivity index (χ3v) is 4.10. The quantitative estimate of drug-likeness (QED) is 0.625. The molecule has 1 rings (SSSR count). The van der Waals surface area contributed by atoms with Crippen molar-refractivity contribution in [1.29, 1.82) is 0 Å². The highest BCUT2D eigenvalue weighted by molar-refractivity contribution is 4.80. The minimum absolute atomic E-state index is 0.272. The van der Waals surface area contributed by atoms with Gasteiger partial charge in [0.1, 0.15) is 0 Å². The summed E-state index contributed by atoms with van der Waals surface area (Å²) < 4.78 is 0. The van der Waals surface area contributed by atoms with E-state index in [9.17, 15) is 5.11 Å². The molecular weight excluding hydrogens is 240 g/mol. The van der Waals surface area contributed by atoms with Crippen molar-refractivity contribution in [2.75, 3.05) is 66.5 Å². The Morgan fingerprint density at radius 3 is 2.58 bits per heavy atom. The zero-order valence-electron chi connectivity index (χ0n) is 13.1. The van der Waals surface area contributed by atoms with Crippen molar-refractivity contribution >= 4 is 0 Å². The van der Waals surface area contributed by atoms with Gasteiger partial charge in [0, 0.05) is 45.3 Å². The molecule has 19 heavy (non-hydrogen) atoms. The molecule has 0 saturated carbocycles. The molecule has 0 aliphatic carbocycles. The molecule has 1 saturated heterocycles. The topological polar surface area (TPSA) is 42.0 Å². The van der Waals surface area contributed by atoms with Crippen LogP contribution in [-0.4, -0.2) is 98.4 Å². The molecule has 1 heterocycles. The fourth-order valence-electron chi connectivity index (χ4n) is 2.58. The lowest BCUT2D eigenvalue weighted by Gasteiger charge is -2.38. The lowest BCUT2D eigenvalue weighted by atomic mass is 10.2. The Morgan fingerprint density at radius 1 is 1.26 bits per heavy atom. The minimum Gasteiger partial charge on any atom is -0.390 e. The van der Waals surface area contributed by atoms with Gasteiger partial charge in [-0.15, -0.1) is 0 Å². The van der Waals surface area contributed by atoms with Gasteiger partial charge in [0.05, 0.1) is 6.10 Å². The molecule has 0 bridgehead atoms. The van der Waals surface area contributed by atoms with Crippen LogP contribution < -0.4 is 5.32 Å². The molecule has 1 fully saturated rings. The molecule has 2 unspecified atom stereocenters. The van der Waals surface area contributed by atoms with Crippen LogP contribution in [0, 0.1) is 0 Å². The van der Waals surface area contributed by atoms with Crippen LogP contribution in [0.5, 0.6) is 0 Å². The first-order chi connectivity index (χ1) is 9.06. The van der Waals surface area contributed by atoms with Crippen LogP contribution in [0.2, 0.25) is 0 Å². The molecule has 0 aromatic heterocycles. The molecule has 2 N–H and O–H groups in total. The van der Waals surface area contributed by atoms with Gasteiger partial charge in [0.2, 0.25) is 0 Å². The second-order valence-electron chi connectivity index (χ2n) is 5.69. The predicted molar refractivity (Wildman–Crippen MR) is 80.6 cm³/mol. The van der Waals surface area contributed by atoms with Crippen molar-refractivity contribution < 1.29 is 5.11 Å². The van der Waals surface area contributed by atoms with Gasteiger partial charge in [-0.2, -0.15) is 0 Å². The largest absolute Gasteiger partial charge is 0.390 e. The van der Waals surface area contributed by atoms with E-state index >= 15 is 0 Å². The predicted octanol–water partition coefficient (Wildman–Crippen LogP) is -0.475. The molecule has 0 spiro atoms. The van der Waals surface area contributed by atoms with E-state index in [0.717, 1.165) is 45.8 Å². The van der Waals surface area contributed by atoms with Crippen molar-refractivity contribution in [3.8, 4) is 0 Å². The number of rotatable bonds is 8. The molecule has 1 aliphatic rings. The van der Waals surface area contributed by atoms with Crippen molar-refractivity contribution in [2.45, 2.75) is 26.0 Å². The number of hydrogen-bond acceptors (Lipinski definition) is 5. The Labute approximate surface area is 118 Å². The molecule has 114 valence electrons. The fraction of sp³-hybridized carbons (Fsp3) is 1.00. The Balaban J connectivity index is 2.18. The number of nitrogens with one attached hydrogen (secondary N) is 1. The van der Waals surface area contributed by atoms with Crippen LogP contribution in [0.4, 0.5) is 0 Å². The van der Waals surface area contributed by atoms with Crippen molar-refractivity contribution in [2.24, 2.45) is 0 Å². The number of likely N-dealkylation sites (N-methyl/N-ethyl adjacent to an activating group) is 3. The Bertz CT molecular complexity index is 235. The Hall–Kier alpha value is -0.200. The fourth-order valence-corrected chi connectivity index (χ4v) is 2.58. The van der Waals surface area contributed by atoms with Gasteiger partial charge in [-0.25, -0.2) is 0 Å². The Morgan fingerprint density at radius 2 is 1.95 bits per heavy atom. The van der Waals surface area contributed by atoms with Gasteiger partial charge >= 0.3 is 0 Å². The maximum Gasteiger partial charge on any atom is 0.0791 e. The number of piperazine rings is 1. The van der Waals surface area contributed by atoms with Crippen LogP contribution in [0.15, 0.2) is 0 Å². The summed E-state index contributed by atoms with van der Waals surface area (Å²) in [6.45, 7) is 12.1. The molecule has 5 nitrogen and oxygen atoms in total. The van der Waals surface area contributed by atoms with Gasteiger partial charge in [0.15, 0.2) is 0 Å². The number of aliphatic hydroxyl groups is 1. The van der Waals surface area contributed by atoms with Crippen LogP contribution >= 0.6 is 0 Å². The normalized spacial score (nSPS) is 24.0. The van der Waals surface area contributed by atoms with Crippen LogP contribution in [0.3, 0.4) is 0 Å². The summed E-state index contributed by atoms with van der Waals surface area (Å²) in [6.07, 6.45) is -0.272. The van der Waals surface area contributed by atoms with Crippen LogP contribution in [-0.2, 0) is 0 Å². The highest BCUT2D eigenvalue weighted by Gasteiger charge is 2.21. The molecule has 0 radical (unpaired) electrons. The standard InChI is InChI=1S/C14H32N4O/c1-5-18(6-2)12-14(19)10-15-9-13-11-16(3)7-8-17(13)4/h13-15,19H,5-12H2,1-4H3. The summed E-state index contributed by atoms with van der Waals surface area (Å²) in [5.74, 6) is 0. The van der Waals surface area contributed by atoms with E-state index in [2.05, 4.69) is 48.0 Å². The van der Waals surface area contributed by atoms with Crippen molar-refractivity contribution in [3.05, 3.63) is 0 Å². The summed E-state index contributed by atoms with van der Waals surface area (Å²) in [7, 11) is 4.36. The second kappa shape index (κ2) is 8.87. The highest BCUT2D eigenvalue weighted by Crippen LogP contribution is 2.04. The van der Waals surface area contributed by atoms with Crippen LogP contribution in [0.25, 0.3) is 0 Å². The maximum atomic E-state index is 10.0. The molecule has 1 aliphatic heterocycles. The Kier molecular flexibility index (Phi) is 7.87. The highest BCUT2D eigenvalue weighted by atomic mass is 16.3. The van der Waals surface area contributed by atoms with Gasteiger partial charge < -0.3 is 20.2 Å². The van der Waals surface area contributed by atoms with Crippen molar-refractivity contribution in [1.82, 2.24) is 20.0 Å². The number of hydrogen-bond donors (Lipinski definition) is 2. The first-order valence-corrected chi connectivity index (χ1v) is 7.56. The lowest BCUT2D eigenvalue weighted by Crippen LogP contribution is -2.54. The first-order valence-electron chi connectivity index (χ1n) is 7.56. The van der Waals surface area contributed by atoms with E-state index in [0.29, 0.717) is 12.6 Å². The first kappa shape index (κ1) is 16.9. The molecule has 0 amide bonds. The second-order valence-corrected chi connectivity index (χ2v) is 5.69. The number of nitrogens with zero attached hydrogens (tertiary/aromatic N) is 3. The minimum atomic E-state index is -0.272. The average Bonchev–Trinajstić information content (AvgIpc) is 2.40. The molecular formula is C14H32N4O. The van der Waals surface area contributed by atoms with Crippen molar-refractivity contribution in [3.63, 3.8) is 0 Å². The van der Waals surface area contributed by atoms with E-state index in [-0.39, 0.29) is 6.10 Å². The van der Waals surface area contributed by atoms with E-state index in [4.69, 9.17) is 0 Å². The summed E-state index contributed by atoms with van der Waals surface area (Å²) in [5, 5.41) is 13.4. The zero-order valence-corrected chi connectivity index (χ0v) is 13.1. The van der Waals surface area contributed by atoms with E-state index in [1.165, 1.54) is 0 Å². The van der Waals surface area contributed by atoms with E-state index < -0.39 is 0 Å². The van der Waals surface area contributed by atoms with E-state index in [1.807, 2.05) is 0 Å². The monoisotopic (exact) mass is 272 g/mol. The van der Waals surface area contributed by atoms with E-state index in [1.54, 1.807) is 0 Å². The third kappa shape index (κ3) is 6.19. The van der Waals surface area contributed by atoms with Gasteiger partial charge in [0.25, 0.3) is 0 Å². The average molecular weight is 272 g/mol.